The minimum absolute atomic E-state index is 0.157. The van der Waals surface area contributed by atoms with Crippen LogP contribution in [0.4, 0.5) is 11.9 Å². The molecule has 10 nitrogen and oxygen atoms in total. The highest BCUT2D eigenvalue weighted by atomic mass is 16.5. The van der Waals surface area contributed by atoms with Crippen LogP contribution in [0.1, 0.15) is 26.7 Å². The molecule has 0 bridgehead atoms. The van der Waals surface area contributed by atoms with Crippen LogP contribution >= 0.6 is 0 Å². The zero-order chi connectivity index (χ0) is 22.7. The highest BCUT2D eigenvalue weighted by Crippen LogP contribution is 2.25. The molecular weight excluding hydrogens is 410 g/mol. The molecule has 2 saturated heterocycles. The minimum Gasteiger partial charge on any atom is -0.466 e. The summed E-state index contributed by atoms with van der Waals surface area (Å²) in [7, 11) is 1.73. The molecule has 1 atom stereocenters. The van der Waals surface area contributed by atoms with Gasteiger partial charge < -0.3 is 19.9 Å². The normalized spacial score (nSPS) is 19.0. The number of carbonyl (C=O) groups is 1. The topological polar surface area (TPSA) is 97.5 Å². The lowest BCUT2D eigenvalue weighted by molar-refractivity contribution is -0.148. The second-order valence-electron chi connectivity index (χ2n) is 8.15. The van der Waals surface area contributed by atoms with E-state index < -0.39 is 0 Å². The molecule has 2 aliphatic rings. The molecule has 0 spiro atoms. The van der Waals surface area contributed by atoms with Gasteiger partial charge in [0.2, 0.25) is 11.9 Å². The number of carbonyl (C=O) groups excluding carboxylic acids is 1. The molecular formula is C22H31N7O3. The van der Waals surface area contributed by atoms with Crippen LogP contribution in [-0.2, 0) is 23.1 Å². The van der Waals surface area contributed by atoms with Gasteiger partial charge in [-0.2, -0.15) is 9.97 Å². The first-order valence-electron chi connectivity index (χ1n) is 11.3. The molecule has 2 aromatic heterocycles. The van der Waals surface area contributed by atoms with Crippen LogP contribution in [0, 0.1) is 17.8 Å². The maximum Gasteiger partial charge on any atom is 0.310 e. The van der Waals surface area contributed by atoms with Crippen LogP contribution < -0.4 is 20.7 Å². The number of nitrogens with zero attached hydrogens (tertiary/aromatic N) is 6. The predicted octanol–water partition coefficient (Wildman–Crippen LogP) is 0.342. The van der Waals surface area contributed by atoms with Gasteiger partial charge in [0.25, 0.3) is 5.56 Å². The van der Waals surface area contributed by atoms with E-state index in [4.69, 9.17) is 14.7 Å². The van der Waals surface area contributed by atoms with Crippen molar-refractivity contribution < 1.29 is 9.53 Å². The number of aromatic nitrogens is 4. The van der Waals surface area contributed by atoms with Gasteiger partial charge in [0.05, 0.1) is 19.1 Å². The number of piperazine rings is 1. The van der Waals surface area contributed by atoms with Gasteiger partial charge in [0, 0.05) is 46.3 Å². The maximum absolute atomic E-state index is 13.5. The summed E-state index contributed by atoms with van der Waals surface area (Å²) >= 11 is 0. The van der Waals surface area contributed by atoms with E-state index in [1.54, 1.807) is 18.5 Å². The first-order chi connectivity index (χ1) is 15.5. The van der Waals surface area contributed by atoms with E-state index in [0.717, 1.165) is 51.5 Å². The summed E-state index contributed by atoms with van der Waals surface area (Å²) in [6, 6.07) is 0. The van der Waals surface area contributed by atoms with Crippen LogP contribution in [0.3, 0.4) is 0 Å². The number of fused-ring (bicyclic) bond motifs is 1. The smallest absolute Gasteiger partial charge is 0.310 e. The molecule has 0 radical (unpaired) electrons. The van der Waals surface area contributed by atoms with Crippen molar-refractivity contribution in [2.45, 2.75) is 33.2 Å². The van der Waals surface area contributed by atoms with E-state index in [1.807, 2.05) is 16.4 Å². The third-order valence-electron chi connectivity index (χ3n) is 6.08. The first kappa shape index (κ1) is 22.1. The van der Waals surface area contributed by atoms with Crippen molar-refractivity contribution in [3.8, 4) is 11.8 Å². The molecule has 172 valence electrons. The molecule has 2 aliphatic heterocycles. The lowest BCUT2D eigenvalue weighted by atomic mass is 9.98. The van der Waals surface area contributed by atoms with Gasteiger partial charge in [-0.05, 0) is 26.7 Å². The van der Waals surface area contributed by atoms with E-state index in [-0.39, 0.29) is 17.4 Å². The van der Waals surface area contributed by atoms with E-state index in [2.05, 4.69) is 22.1 Å². The lowest BCUT2D eigenvalue weighted by Crippen LogP contribution is -2.44. The average Bonchev–Trinajstić information content (AvgIpc) is 3.19. The Balaban J connectivity index is 1.75. The van der Waals surface area contributed by atoms with Gasteiger partial charge in [-0.15, -0.1) is 5.92 Å². The fourth-order valence-corrected chi connectivity index (χ4v) is 4.45. The number of rotatable bonds is 5. The summed E-state index contributed by atoms with van der Waals surface area (Å²) in [5.41, 5.74) is 0.731. The van der Waals surface area contributed by atoms with Gasteiger partial charge in [0.15, 0.2) is 11.2 Å². The van der Waals surface area contributed by atoms with Gasteiger partial charge in [0.1, 0.15) is 0 Å². The number of hydrogen-bond acceptors (Lipinski definition) is 8. The van der Waals surface area contributed by atoms with Crippen molar-refractivity contribution in [3.05, 3.63) is 10.4 Å². The number of anilines is 2. The van der Waals surface area contributed by atoms with Crippen molar-refractivity contribution in [1.29, 1.82) is 0 Å². The molecule has 1 unspecified atom stereocenters. The minimum atomic E-state index is -0.218. The Kier molecular flexibility index (Phi) is 6.65. The fraction of sp³-hybridized carbons (Fsp3) is 0.636. The van der Waals surface area contributed by atoms with Crippen LogP contribution in [0.2, 0.25) is 0 Å². The summed E-state index contributed by atoms with van der Waals surface area (Å²) in [6.45, 7) is 8.91. The third-order valence-corrected chi connectivity index (χ3v) is 6.08. The standard InChI is InChI=1S/C22H31N7O3/c1-4-6-12-29-17-18(25-22(29)27-13-9-23-10-14-27)24-21(26(3)19(17)30)28-11-7-8-16(15-28)20(31)32-5-2/h16,23H,5,7-15H2,1-3H3. The molecule has 1 N–H and O–H groups in total. The maximum atomic E-state index is 13.5. The SMILES string of the molecule is CC#CCn1c(N2CCNCC2)nc2nc(N3CCCC(C(=O)OCC)C3)n(C)c(=O)c21. The highest BCUT2D eigenvalue weighted by Gasteiger charge is 2.30. The second-order valence-corrected chi connectivity index (χ2v) is 8.15. The van der Waals surface area contributed by atoms with Crippen LogP contribution in [0.5, 0.6) is 0 Å². The summed E-state index contributed by atoms with van der Waals surface area (Å²) in [4.78, 5) is 39.5. The number of piperidine rings is 1. The highest BCUT2D eigenvalue weighted by molar-refractivity contribution is 5.76. The Morgan fingerprint density at radius 1 is 1.19 bits per heavy atom. The van der Waals surface area contributed by atoms with E-state index in [1.165, 1.54) is 0 Å². The van der Waals surface area contributed by atoms with E-state index in [9.17, 15) is 9.59 Å². The van der Waals surface area contributed by atoms with Crippen LogP contribution in [0.15, 0.2) is 4.79 Å². The molecule has 0 aromatic carbocycles. The Morgan fingerprint density at radius 2 is 1.94 bits per heavy atom. The Bertz CT molecular complexity index is 1100. The number of esters is 1. The number of hydrogen-bond donors (Lipinski definition) is 1. The Morgan fingerprint density at radius 3 is 2.66 bits per heavy atom. The Labute approximate surface area is 187 Å². The van der Waals surface area contributed by atoms with Crippen molar-refractivity contribution in [2.75, 3.05) is 55.7 Å². The van der Waals surface area contributed by atoms with Gasteiger partial charge >= 0.3 is 5.97 Å². The lowest BCUT2D eigenvalue weighted by Gasteiger charge is -2.32. The summed E-state index contributed by atoms with van der Waals surface area (Å²) in [6.07, 6.45) is 1.62. The molecule has 10 heteroatoms. The van der Waals surface area contributed by atoms with Crippen LogP contribution in [-0.4, -0.2) is 70.9 Å². The summed E-state index contributed by atoms with van der Waals surface area (Å²) in [5.74, 6) is 6.84. The molecule has 4 heterocycles. The van der Waals surface area contributed by atoms with E-state index >= 15 is 0 Å². The molecule has 0 amide bonds. The van der Waals surface area contributed by atoms with E-state index in [0.29, 0.717) is 36.8 Å². The Hall–Kier alpha value is -3.06. The van der Waals surface area contributed by atoms with Crippen molar-refractivity contribution >= 4 is 29.0 Å². The molecule has 32 heavy (non-hydrogen) atoms. The molecule has 2 aromatic rings. The van der Waals surface area contributed by atoms with Gasteiger partial charge in [-0.3, -0.25) is 18.7 Å². The monoisotopic (exact) mass is 441 g/mol. The van der Waals surface area contributed by atoms with Crippen molar-refractivity contribution in [1.82, 2.24) is 24.4 Å². The zero-order valence-corrected chi connectivity index (χ0v) is 19.1. The number of nitrogens with one attached hydrogen (secondary N) is 1. The predicted molar refractivity (Wildman–Crippen MR) is 123 cm³/mol. The van der Waals surface area contributed by atoms with Crippen molar-refractivity contribution in [2.24, 2.45) is 13.0 Å². The average molecular weight is 442 g/mol. The second kappa shape index (κ2) is 9.61. The number of imidazole rings is 1. The molecule has 2 fully saturated rings. The van der Waals surface area contributed by atoms with Gasteiger partial charge in [-0.25, -0.2) is 0 Å². The third kappa shape index (κ3) is 4.17. The molecule has 0 aliphatic carbocycles. The summed E-state index contributed by atoms with van der Waals surface area (Å²) in [5, 5.41) is 3.34. The quantitative estimate of drug-likeness (QED) is 0.524. The van der Waals surface area contributed by atoms with Crippen LogP contribution in [0.25, 0.3) is 11.2 Å². The molecule has 0 saturated carbocycles. The fourth-order valence-electron chi connectivity index (χ4n) is 4.45. The van der Waals surface area contributed by atoms with Crippen molar-refractivity contribution in [3.63, 3.8) is 0 Å². The largest absolute Gasteiger partial charge is 0.466 e. The number of ether oxygens (including phenoxy) is 1. The van der Waals surface area contributed by atoms with Gasteiger partial charge in [-0.1, -0.05) is 5.92 Å². The summed E-state index contributed by atoms with van der Waals surface area (Å²) < 4.78 is 8.67. The first-order valence-corrected chi connectivity index (χ1v) is 11.3. The molecule has 4 rings (SSSR count). The zero-order valence-electron chi connectivity index (χ0n) is 19.1.